The van der Waals surface area contributed by atoms with Crippen molar-refractivity contribution in [3.63, 3.8) is 0 Å². The molecule has 6 heteroatoms. The molecule has 0 radical (unpaired) electrons. The molecule has 1 aromatic rings. The lowest BCUT2D eigenvalue weighted by Crippen LogP contribution is -1.95. The Bertz CT molecular complexity index is 485. The summed E-state index contributed by atoms with van der Waals surface area (Å²) in [4.78, 5) is 9.30. The van der Waals surface area contributed by atoms with Gasteiger partial charge in [0.25, 0.3) is 0 Å². The second kappa shape index (κ2) is 3.88. The minimum atomic E-state index is -0.865. The van der Waals surface area contributed by atoms with Gasteiger partial charge in [0.05, 0.1) is 17.1 Å². The molecule has 0 N–H and O–H groups in total. The van der Waals surface area contributed by atoms with E-state index in [0.29, 0.717) is 19.2 Å². The Hall–Kier alpha value is -1.98. The van der Waals surface area contributed by atoms with Crippen LogP contribution in [-0.4, -0.2) is 11.5 Å². The third kappa shape index (κ3) is 1.73. The van der Waals surface area contributed by atoms with Crippen LogP contribution in [0.1, 0.15) is 11.1 Å². The van der Waals surface area contributed by atoms with Crippen LogP contribution in [-0.2, 0) is 6.42 Å². The molecule has 1 aromatic carbocycles. The number of benzene rings is 1. The fourth-order valence-electron chi connectivity index (χ4n) is 1.57. The normalized spacial score (nSPS) is 13.9. The molecule has 1 aliphatic heterocycles. The van der Waals surface area contributed by atoms with Crippen molar-refractivity contribution in [1.29, 1.82) is 0 Å². The van der Waals surface area contributed by atoms with Crippen LogP contribution >= 0.6 is 0 Å². The molecule has 0 unspecified atom stereocenters. The average molecular weight is 227 g/mol. The first-order chi connectivity index (χ1) is 7.59. The molecular formula is C10H7F2NO3. The molecule has 4 nitrogen and oxygen atoms in total. The van der Waals surface area contributed by atoms with Crippen LogP contribution < -0.4 is 4.74 Å². The van der Waals surface area contributed by atoms with Gasteiger partial charge in [0.2, 0.25) is 6.20 Å². The monoisotopic (exact) mass is 227 g/mol. The summed E-state index contributed by atoms with van der Waals surface area (Å²) in [5.41, 5.74) is -0.134. The van der Waals surface area contributed by atoms with Crippen LogP contribution in [0.5, 0.6) is 5.75 Å². The summed E-state index contributed by atoms with van der Waals surface area (Å²) < 4.78 is 32.1. The fourth-order valence-corrected chi connectivity index (χ4v) is 1.57. The molecule has 0 aromatic heterocycles. The molecule has 0 bridgehead atoms. The molecule has 0 fully saturated rings. The first-order valence-electron chi connectivity index (χ1n) is 4.55. The molecule has 84 valence electrons. The highest BCUT2D eigenvalue weighted by Gasteiger charge is 2.22. The van der Waals surface area contributed by atoms with Gasteiger partial charge in [-0.05, 0) is 0 Å². The Balaban J connectivity index is 2.50. The highest BCUT2D eigenvalue weighted by molar-refractivity contribution is 5.55. The summed E-state index contributed by atoms with van der Waals surface area (Å²) in [6.07, 6.45) is 1.66. The van der Waals surface area contributed by atoms with Crippen LogP contribution in [0.25, 0.3) is 6.08 Å². The van der Waals surface area contributed by atoms with Crippen molar-refractivity contribution in [3.05, 3.63) is 45.1 Å². The van der Waals surface area contributed by atoms with Crippen molar-refractivity contribution in [2.75, 3.05) is 6.61 Å². The van der Waals surface area contributed by atoms with E-state index < -0.39 is 22.1 Å². The molecule has 1 aliphatic rings. The van der Waals surface area contributed by atoms with Crippen molar-refractivity contribution >= 4 is 6.08 Å². The maximum Gasteiger partial charge on any atom is 0.235 e. The van der Waals surface area contributed by atoms with Gasteiger partial charge in [0.1, 0.15) is 17.4 Å². The number of fused-ring (bicyclic) bond motifs is 1. The first kappa shape index (κ1) is 10.5. The standard InChI is InChI=1S/C10H7F2NO3/c11-8-5-9-7(2-4-16-9)10(12)6(8)1-3-13(14)15/h1,3,5H,2,4H2. The van der Waals surface area contributed by atoms with Gasteiger partial charge in [-0.1, -0.05) is 0 Å². The summed E-state index contributed by atoms with van der Waals surface area (Å²) in [6.45, 7) is 0.300. The van der Waals surface area contributed by atoms with Gasteiger partial charge in [-0.2, -0.15) is 0 Å². The molecule has 0 atom stereocenters. The molecule has 0 saturated carbocycles. The highest BCUT2D eigenvalue weighted by Crippen LogP contribution is 2.32. The molecule has 0 spiro atoms. The van der Waals surface area contributed by atoms with Gasteiger partial charge in [-0.15, -0.1) is 0 Å². The van der Waals surface area contributed by atoms with E-state index in [4.69, 9.17) is 4.74 Å². The van der Waals surface area contributed by atoms with Crippen molar-refractivity contribution in [1.82, 2.24) is 0 Å². The Kier molecular flexibility index (Phi) is 2.55. The quantitative estimate of drug-likeness (QED) is 0.574. The fraction of sp³-hybridized carbons (Fsp3) is 0.200. The van der Waals surface area contributed by atoms with Crippen LogP contribution in [0.3, 0.4) is 0 Å². The van der Waals surface area contributed by atoms with E-state index in [1.54, 1.807) is 0 Å². The number of ether oxygens (including phenoxy) is 1. The SMILES string of the molecule is O=[N+]([O-])C=Cc1c(F)cc2c(c1F)CCO2. The zero-order valence-electron chi connectivity index (χ0n) is 8.07. The van der Waals surface area contributed by atoms with Gasteiger partial charge in [-0.3, -0.25) is 10.1 Å². The smallest absolute Gasteiger partial charge is 0.235 e. The van der Waals surface area contributed by atoms with Gasteiger partial charge >= 0.3 is 0 Å². The molecule has 0 saturated heterocycles. The van der Waals surface area contributed by atoms with Crippen LogP contribution in [0.4, 0.5) is 8.78 Å². The summed E-state index contributed by atoms with van der Waals surface area (Å²) in [5.74, 6) is -1.48. The van der Waals surface area contributed by atoms with Crippen LogP contribution in [0, 0.1) is 21.7 Å². The largest absolute Gasteiger partial charge is 0.493 e. The highest BCUT2D eigenvalue weighted by atomic mass is 19.1. The summed E-state index contributed by atoms with van der Waals surface area (Å²) in [7, 11) is 0. The molecular weight excluding hydrogens is 220 g/mol. The van der Waals surface area contributed by atoms with E-state index in [1.165, 1.54) is 0 Å². The molecule has 0 aliphatic carbocycles. The number of halogens is 2. The Morgan fingerprint density at radius 1 is 1.50 bits per heavy atom. The maximum atomic E-state index is 13.7. The van der Waals surface area contributed by atoms with E-state index >= 15 is 0 Å². The van der Waals surface area contributed by atoms with E-state index in [9.17, 15) is 18.9 Å². The third-order valence-corrected chi connectivity index (χ3v) is 2.29. The summed E-state index contributed by atoms with van der Waals surface area (Å²) in [5, 5.41) is 10.1. The lowest BCUT2D eigenvalue weighted by Gasteiger charge is -2.04. The second-order valence-corrected chi connectivity index (χ2v) is 3.26. The zero-order valence-corrected chi connectivity index (χ0v) is 8.07. The summed E-state index contributed by atoms with van der Waals surface area (Å²) in [6, 6.07) is 1.05. The predicted molar refractivity (Wildman–Crippen MR) is 51.6 cm³/mol. The van der Waals surface area contributed by atoms with Crippen molar-refractivity contribution in [2.45, 2.75) is 6.42 Å². The molecule has 2 rings (SSSR count). The number of hydrogen-bond acceptors (Lipinski definition) is 3. The zero-order chi connectivity index (χ0) is 11.7. The Morgan fingerprint density at radius 3 is 2.94 bits per heavy atom. The minimum Gasteiger partial charge on any atom is -0.493 e. The average Bonchev–Trinajstić information content (AvgIpc) is 2.64. The van der Waals surface area contributed by atoms with E-state index in [-0.39, 0.29) is 11.3 Å². The second-order valence-electron chi connectivity index (χ2n) is 3.26. The van der Waals surface area contributed by atoms with E-state index in [2.05, 4.69) is 0 Å². The van der Waals surface area contributed by atoms with Gasteiger partial charge < -0.3 is 4.74 Å². The van der Waals surface area contributed by atoms with E-state index in [1.807, 2.05) is 0 Å². The van der Waals surface area contributed by atoms with Gasteiger partial charge in [0.15, 0.2) is 0 Å². The van der Waals surface area contributed by atoms with Gasteiger partial charge in [-0.25, -0.2) is 8.78 Å². The van der Waals surface area contributed by atoms with Crippen LogP contribution in [0.15, 0.2) is 12.3 Å². The minimum absolute atomic E-state index is 0.174. The third-order valence-electron chi connectivity index (χ3n) is 2.29. The number of hydrogen-bond donors (Lipinski definition) is 0. The van der Waals surface area contributed by atoms with E-state index in [0.717, 1.165) is 12.1 Å². The predicted octanol–water partition coefficient (Wildman–Crippen LogP) is 2.15. The Morgan fingerprint density at radius 2 is 2.25 bits per heavy atom. The summed E-state index contributed by atoms with van der Waals surface area (Å²) >= 11 is 0. The number of rotatable bonds is 2. The molecule has 16 heavy (non-hydrogen) atoms. The van der Waals surface area contributed by atoms with Crippen molar-refractivity contribution < 1.29 is 18.4 Å². The van der Waals surface area contributed by atoms with Crippen LogP contribution in [0.2, 0.25) is 0 Å². The Labute approximate surface area is 89.3 Å². The molecule has 1 heterocycles. The van der Waals surface area contributed by atoms with Crippen molar-refractivity contribution in [2.24, 2.45) is 0 Å². The number of nitro groups is 1. The maximum absolute atomic E-state index is 13.7. The first-order valence-corrected chi connectivity index (χ1v) is 4.55. The van der Waals surface area contributed by atoms with Gasteiger partial charge in [0, 0.05) is 24.1 Å². The lowest BCUT2D eigenvalue weighted by molar-refractivity contribution is -0.401. The molecule has 0 amide bonds. The lowest BCUT2D eigenvalue weighted by atomic mass is 10.1. The number of nitrogens with zero attached hydrogens (tertiary/aromatic N) is 1. The topological polar surface area (TPSA) is 52.4 Å². The van der Waals surface area contributed by atoms with Crippen molar-refractivity contribution in [3.8, 4) is 5.75 Å².